The van der Waals surface area contributed by atoms with Crippen LogP contribution in [0.5, 0.6) is 0 Å². The average Bonchev–Trinajstić information content (AvgIpc) is 1.84. The zero-order valence-electron chi connectivity index (χ0n) is 6.13. The molecule has 4 heteroatoms. The fraction of sp³-hybridized carbons (Fsp3) is 0.750. The molecule has 1 rings (SSSR count). The van der Waals surface area contributed by atoms with E-state index in [9.17, 15) is 9.59 Å². The van der Waals surface area contributed by atoms with Gasteiger partial charge in [0.1, 0.15) is 0 Å². The molecule has 0 N–H and O–H groups in total. The Bertz CT molecular complexity index is 160. The second-order valence-corrected chi connectivity index (χ2v) is 2.50. The van der Waals surface area contributed by atoms with Gasteiger partial charge in [0.15, 0.2) is 0 Å². The first-order chi connectivity index (χ1) is 4.61. The summed E-state index contributed by atoms with van der Waals surface area (Å²) in [6.45, 7) is 0.435. The second kappa shape index (κ2) is 4.74. The number of likely N-dealkylation sites (N-methyl/N-ethyl adjacent to an activating group) is 2. The maximum absolute atomic E-state index is 10.9. The van der Waals surface area contributed by atoms with Gasteiger partial charge in [0.05, 0.1) is 13.1 Å². The van der Waals surface area contributed by atoms with Gasteiger partial charge >= 0.3 is 0 Å². The molecular formula is C8H18N2O2. The number of hydrogen-bond donors (Lipinski definition) is 0. The molecule has 1 fully saturated rings. The van der Waals surface area contributed by atoms with Gasteiger partial charge in [-0.1, -0.05) is 14.9 Å². The van der Waals surface area contributed by atoms with E-state index in [2.05, 4.69) is 0 Å². The van der Waals surface area contributed by atoms with E-state index in [1.165, 1.54) is 9.80 Å². The first-order valence-electron chi connectivity index (χ1n) is 3.09. The Hall–Kier alpha value is -1.06. The van der Waals surface area contributed by atoms with Gasteiger partial charge in [0.2, 0.25) is 11.8 Å². The molecule has 0 aliphatic carbocycles. The minimum absolute atomic E-state index is 0. The Morgan fingerprint density at radius 1 is 0.917 bits per heavy atom. The van der Waals surface area contributed by atoms with Crippen LogP contribution in [0, 0.1) is 0 Å². The normalized spacial score (nSPS) is 16.8. The first-order valence-corrected chi connectivity index (χ1v) is 3.09. The monoisotopic (exact) mass is 174 g/mol. The highest BCUT2D eigenvalue weighted by atomic mass is 16.2. The number of rotatable bonds is 0. The van der Waals surface area contributed by atoms with Crippen LogP contribution in [0.4, 0.5) is 0 Å². The molecule has 0 spiro atoms. The number of carbonyl (C=O) groups is 2. The summed E-state index contributed by atoms with van der Waals surface area (Å²) in [5, 5.41) is 0. The number of piperazine rings is 1. The van der Waals surface area contributed by atoms with Crippen molar-refractivity contribution in [1.29, 1.82) is 0 Å². The topological polar surface area (TPSA) is 40.6 Å². The van der Waals surface area contributed by atoms with Gasteiger partial charge < -0.3 is 9.80 Å². The molecule has 0 aromatic carbocycles. The molecule has 1 heterocycles. The van der Waals surface area contributed by atoms with Gasteiger partial charge in [-0.2, -0.15) is 0 Å². The van der Waals surface area contributed by atoms with Gasteiger partial charge in [-0.3, -0.25) is 9.59 Å². The first kappa shape index (κ1) is 13.5. The molecule has 1 saturated heterocycles. The molecule has 2 amide bonds. The van der Waals surface area contributed by atoms with E-state index in [1.807, 2.05) is 0 Å². The van der Waals surface area contributed by atoms with E-state index in [-0.39, 0.29) is 39.8 Å². The lowest BCUT2D eigenvalue weighted by Gasteiger charge is -2.28. The fourth-order valence-electron chi connectivity index (χ4n) is 0.824. The summed E-state index contributed by atoms with van der Waals surface area (Å²) in [7, 11) is 3.26. The maximum Gasteiger partial charge on any atom is 0.242 e. The molecular weight excluding hydrogens is 156 g/mol. The zero-order chi connectivity index (χ0) is 7.72. The van der Waals surface area contributed by atoms with Gasteiger partial charge in [0, 0.05) is 14.1 Å². The van der Waals surface area contributed by atoms with Crippen LogP contribution in [0.3, 0.4) is 0 Å². The Morgan fingerprint density at radius 3 is 1.42 bits per heavy atom. The Labute approximate surface area is 74.1 Å². The molecule has 0 aromatic rings. The maximum atomic E-state index is 10.9. The highest BCUT2D eigenvalue weighted by Crippen LogP contribution is 1.98. The Kier molecular flexibility index (Phi) is 5.35. The van der Waals surface area contributed by atoms with Crippen molar-refractivity contribution in [2.75, 3.05) is 27.2 Å². The summed E-state index contributed by atoms with van der Waals surface area (Å²) in [5.74, 6) is 0.00389. The number of nitrogens with zero attached hydrogens (tertiary/aromatic N) is 2. The van der Waals surface area contributed by atoms with Crippen LogP contribution >= 0.6 is 0 Å². The molecule has 12 heavy (non-hydrogen) atoms. The van der Waals surface area contributed by atoms with E-state index >= 15 is 0 Å². The van der Waals surface area contributed by atoms with Crippen molar-refractivity contribution in [2.45, 2.75) is 14.9 Å². The lowest BCUT2D eigenvalue weighted by atomic mass is 10.3. The van der Waals surface area contributed by atoms with Crippen molar-refractivity contribution in [1.82, 2.24) is 9.80 Å². The molecule has 72 valence electrons. The highest BCUT2D eigenvalue weighted by Gasteiger charge is 2.23. The van der Waals surface area contributed by atoms with Crippen molar-refractivity contribution in [3.63, 3.8) is 0 Å². The molecule has 0 bridgehead atoms. The molecule has 1 aliphatic rings. The van der Waals surface area contributed by atoms with Gasteiger partial charge in [0.25, 0.3) is 0 Å². The van der Waals surface area contributed by atoms with Gasteiger partial charge in [-0.25, -0.2) is 0 Å². The fourth-order valence-corrected chi connectivity index (χ4v) is 0.824. The number of amides is 2. The van der Waals surface area contributed by atoms with Crippen molar-refractivity contribution >= 4 is 11.8 Å². The average molecular weight is 174 g/mol. The van der Waals surface area contributed by atoms with Gasteiger partial charge in [-0.05, 0) is 0 Å². The van der Waals surface area contributed by atoms with Crippen molar-refractivity contribution in [3.8, 4) is 0 Å². The van der Waals surface area contributed by atoms with E-state index in [0.717, 1.165) is 0 Å². The third-order valence-electron chi connectivity index (χ3n) is 1.60. The van der Waals surface area contributed by atoms with Crippen LogP contribution in [-0.4, -0.2) is 48.8 Å². The zero-order valence-corrected chi connectivity index (χ0v) is 6.13. The van der Waals surface area contributed by atoms with Crippen molar-refractivity contribution < 1.29 is 9.59 Å². The third-order valence-corrected chi connectivity index (χ3v) is 1.60. The van der Waals surface area contributed by atoms with Crippen LogP contribution in [0.2, 0.25) is 0 Å². The second-order valence-electron chi connectivity index (χ2n) is 2.50. The van der Waals surface area contributed by atoms with Crippen LogP contribution in [0.25, 0.3) is 0 Å². The summed E-state index contributed by atoms with van der Waals surface area (Å²) in [4.78, 5) is 24.6. The smallest absolute Gasteiger partial charge is 0.242 e. The summed E-state index contributed by atoms with van der Waals surface area (Å²) in [6, 6.07) is 0. The number of hydrogen-bond acceptors (Lipinski definition) is 2. The molecule has 0 radical (unpaired) electrons. The predicted molar refractivity (Wildman–Crippen MR) is 48.7 cm³/mol. The minimum Gasteiger partial charge on any atom is -0.335 e. The summed E-state index contributed by atoms with van der Waals surface area (Å²) < 4.78 is 0. The predicted octanol–water partition coefficient (Wildman–Crippen LogP) is 0.189. The SMILES string of the molecule is C.C.CN1CC(=O)N(C)CC1=O. The van der Waals surface area contributed by atoms with Crippen LogP contribution < -0.4 is 0 Å². The summed E-state index contributed by atoms with van der Waals surface area (Å²) >= 11 is 0. The lowest BCUT2D eigenvalue weighted by Crippen LogP contribution is -2.50. The molecule has 4 nitrogen and oxygen atoms in total. The van der Waals surface area contributed by atoms with Gasteiger partial charge in [-0.15, -0.1) is 0 Å². The van der Waals surface area contributed by atoms with Crippen LogP contribution in [-0.2, 0) is 9.59 Å². The molecule has 0 saturated carbocycles. The summed E-state index contributed by atoms with van der Waals surface area (Å²) in [6.07, 6.45) is 0. The Morgan fingerprint density at radius 2 is 1.17 bits per heavy atom. The van der Waals surface area contributed by atoms with Crippen LogP contribution in [0.1, 0.15) is 14.9 Å². The van der Waals surface area contributed by atoms with E-state index < -0.39 is 0 Å². The van der Waals surface area contributed by atoms with E-state index in [0.29, 0.717) is 0 Å². The van der Waals surface area contributed by atoms with E-state index in [1.54, 1.807) is 14.1 Å². The van der Waals surface area contributed by atoms with Crippen molar-refractivity contribution in [3.05, 3.63) is 0 Å². The largest absolute Gasteiger partial charge is 0.335 e. The summed E-state index contributed by atoms with van der Waals surface area (Å²) in [5.41, 5.74) is 0. The van der Waals surface area contributed by atoms with E-state index in [4.69, 9.17) is 0 Å². The minimum atomic E-state index is 0. The standard InChI is InChI=1S/C6H10N2O2.2CH4/c1-7-3-6(10)8(2)4-5(7)9;;/h3-4H2,1-2H3;2*1H4. The molecule has 0 aromatic heterocycles. The highest BCUT2D eigenvalue weighted by molar-refractivity contribution is 5.92. The lowest BCUT2D eigenvalue weighted by molar-refractivity contribution is -0.147. The molecule has 1 aliphatic heterocycles. The number of carbonyl (C=O) groups excluding carboxylic acids is 2. The third kappa shape index (κ3) is 2.53. The van der Waals surface area contributed by atoms with Crippen molar-refractivity contribution in [2.24, 2.45) is 0 Å². The van der Waals surface area contributed by atoms with Crippen LogP contribution in [0.15, 0.2) is 0 Å². The quantitative estimate of drug-likeness (QED) is 0.526. The molecule has 0 atom stereocenters. The Balaban J connectivity index is 0. The molecule has 0 unspecified atom stereocenters.